The normalized spacial score (nSPS) is 15.1. The number of hydrogen-bond donors (Lipinski definition) is 0. The number of furan rings is 1. The Kier molecular flexibility index (Phi) is 6.65. The highest BCUT2D eigenvalue weighted by molar-refractivity contribution is 6.35. The summed E-state index contributed by atoms with van der Waals surface area (Å²) in [5, 5.41) is 10.9. The van der Waals surface area contributed by atoms with Crippen LogP contribution in [0.4, 0.5) is 5.69 Å². The number of benzene rings is 2. The molecule has 0 radical (unpaired) electrons. The topological polar surface area (TPSA) is 54.9 Å². The van der Waals surface area contributed by atoms with Gasteiger partial charge in [-0.15, -0.1) is 5.11 Å². The lowest BCUT2D eigenvalue weighted by Gasteiger charge is -2.31. The summed E-state index contributed by atoms with van der Waals surface area (Å²) in [4.78, 5) is 13.5. The van der Waals surface area contributed by atoms with Gasteiger partial charge in [-0.3, -0.25) is 4.79 Å². The van der Waals surface area contributed by atoms with E-state index in [0.29, 0.717) is 27.2 Å². The molecule has 6 heteroatoms. The lowest BCUT2D eigenvalue weighted by Crippen LogP contribution is -2.28. The van der Waals surface area contributed by atoms with Crippen LogP contribution in [0.15, 0.2) is 92.0 Å². The predicted molar refractivity (Wildman–Crippen MR) is 144 cm³/mol. The van der Waals surface area contributed by atoms with Gasteiger partial charge in [-0.1, -0.05) is 82.9 Å². The van der Waals surface area contributed by atoms with Gasteiger partial charge in [0.2, 0.25) is 0 Å². The van der Waals surface area contributed by atoms with Crippen molar-refractivity contribution in [3.8, 4) is 0 Å². The van der Waals surface area contributed by atoms with E-state index in [1.54, 1.807) is 18.2 Å². The molecule has 0 saturated heterocycles. The second-order valence-corrected chi connectivity index (χ2v) is 11.6. The van der Waals surface area contributed by atoms with Crippen LogP contribution in [0, 0.1) is 10.8 Å². The highest BCUT2D eigenvalue weighted by Crippen LogP contribution is 2.41. The number of allylic oxidation sites excluding steroid dienone is 5. The Balaban J connectivity index is 2.00. The summed E-state index contributed by atoms with van der Waals surface area (Å²) in [6.45, 7) is 12.2. The Bertz CT molecular complexity index is 1350. The molecule has 1 aliphatic rings. The van der Waals surface area contributed by atoms with Gasteiger partial charge >= 0.3 is 0 Å². The first-order chi connectivity index (χ1) is 16.3. The number of carbonyl (C=O) groups excluding carboxylic acids is 1. The average molecular weight is 507 g/mol. The van der Waals surface area contributed by atoms with Gasteiger partial charge in [-0.05, 0) is 53.3 Å². The summed E-state index contributed by atoms with van der Waals surface area (Å²) in [6.07, 6.45) is 3.81. The monoisotopic (exact) mass is 506 g/mol. The van der Waals surface area contributed by atoms with Crippen LogP contribution < -0.4 is 0 Å². The number of rotatable bonds is 3. The molecule has 1 aliphatic carbocycles. The SMILES string of the molecule is CC(C)(C)C1=CC(=C(N=Nc2cc(Cl)cc(Cl)c2)c2cc3ccccc3o2)C=C(C(C)(C)C)C1=O. The van der Waals surface area contributed by atoms with Gasteiger partial charge in [0.25, 0.3) is 0 Å². The third kappa shape index (κ3) is 5.50. The lowest BCUT2D eigenvalue weighted by molar-refractivity contribution is -0.114. The van der Waals surface area contributed by atoms with Crippen molar-refractivity contribution in [2.24, 2.45) is 21.1 Å². The number of hydrogen-bond acceptors (Lipinski definition) is 4. The van der Waals surface area contributed by atoms with Crippen molar-refractivity contribution in [1.29, 1.82) is 0 Å². The van der Waals surface area contributed by atoms with Crippen LogP contribution in [-0.2, 0) is 4.79 Å². The van der Waals surface area contributed by atoms with E-state index in [1.165, 1.54) is 0 Å². The predicted octanol–water partition coefficient (Wildman–Crippen LogP) is 9.76. The molecule has 0 fully saturated rings. The summed E-state index contributed by atoms with van der Waals surface area (Å²) in [7, 11) is 0. The van der Waals surface area contributed by atoms with Crippen molar-refractivity contribution >= 4 is 51.3 Å². The zero-order valence-corrected chi connectivity index (χ0v) is 22.3. The van der Waals surface area contributed by atoms with Gasteiger partial charge in [0.05, 0.1) is 5.69 Å². The summed E-state index contributed by atoms with van der Waals surface area (Å²) < 4.78 is 6.18. The number of nitrogens with zero attached hydrogens (tertiary/aromatic N) is 2. The molecule has 0 amide bonds. The first-order valence-electron chi connectivity index (χ1n) is 11.4. The van der Waals surface area contributed by atoms with Gasteiger partial charge in [0.15, 0.2) is 11.5 Å². The Morgan fingerprint density at radius 2 is 1.40 bits per heavy atom. The fraction of sp³-hybridized carbons (Fsp3) is 0.276. The minimum absolute atomic E-state index is 0.0521. The molecule has 1 heterocycles. The van der Waals surface area contributed by atoms with E-state index in [4.69, 9.17) is 27.6 Å². The maximum atomic E-state index is 13.5. The third-order valence-corrected chi connectivity index (χ3v) is 6.19. The van der Waals surface area contributed by atoms with Gasteiger partial charge in [-0.25, -0.2) is 0 Å². The van der Waals surface area contributed by atoms with Crippen molar-refractivity contribution in [1.82, 2.24) is 0 Å². The van der Waals surface area contributed by atoms with Crippen molar-refractivity contribution in [2.45, 2.75) is 41.5 Å². The van der Waals surface area contributed by atoms with E-state index in [2.05, 4.69) is 10.2 Å². The molecule has 0 spiro atoms. The highest BCUT2D eigenvalue weighted by atomic mass is 35.5. The van der Waals surface area contributed by atoms with Gasteiger partial charge in [0, 0.05) is 32.2 Å². The maximum absolute atomic E-state index is 13.5. The van der Waals surface area contributed by atoms with E-state index in [-0.39, 0.29) is 16.6 Å². The van der Waals surface area contributed by atoms with Crippen molar-refractivity contribution in [2.75, 3.05) is 0 Å². The summed E-state index contributed by atoms with van der Waals surface area (Å²) in [5.74, 6) is 0.609. The van der Waals surface area contributed by atoms with Crippen molar-refractivity contribution < 1.29 is 9.21 Å². The number of para-hydroxylation sites is 1. The Labute approximate surface area is 216 Å². The Hall–Kier alpha value is -2.95. The average Bonchev–Trinajstić information content (AvgIpc) is 3.16. The highest BCUT2D eigenvalue weighted by Gasteiger charge is 2.35. The number of azo groups is 1. The number of carbonyl (C=O) groups is 1. The minimum Gasteiger partial charge on any atom is -0.454 e. The summed E-state index contributed by atoms with van der Waals surface area (Å²) in [5.41, 5.74) is 3.26. The third-order valence-electron chi connectivity index (χ3n) is 5.75. The lowest BCUT2D eigenvalue weighted by atomic mass is 9.71. The first-order valence-corrected chi connectivity index (χ1v) is 12.2. The van der Waals surface area contributed by atoms with Crippen LogP contribution in [0.2, 0.25) is 10.0 Å². The molecule has 0 atom stereocenters. The molecule has 3 aromatic rings. The van der Waals surface area contributed by atoms with E-state index >= 15 is 0 Å². The number of fused-ring (bicyclic) bond motifs is 1. The molecule has 4 rings (SSSR count). The van der Waals surface area contributed by atoms with Crippen LogP contribution in [0.5, 0.6) is 0 Å². The van der Waals surface area contributed by atoms with E-state index < -0.39 is 0 Å². The molecule has 0 N–H and O–H groups in total. The molecular weight excluding hydrogens is 479 g/mol. The second kappa shape index (κ2) is 9.25. The smallest absolute Gasteiger partial charge is 0.186 e. The van der Waals surface area contributed by atoms with Crippen molar-refractivity contribution in [3.05, 3.63) is 93.2 Å². The van der Waals surface area contributed by atoms with E-state index in [0.717, 1.165) is 27.7 Å². The van der Waals surface area contributed by atoms with Crippen LogP contribution in [-0.4, -0.2) is 5.78 Å². The second-order valence-electron chi connectivity index (χ2n) is 10.7. The molecule has 0 aliphatic heterocycles. The molecule has 35 heavy (non-hydrogen) atoms. The molecular formula is C29H28Cl2N2O2. The maximum Gasteiger partial charge on any atom is 0.186 e. The van der Waals surface area contributed by atoms with Crippen LogP contribution in [0.1, 0.15) is 47.3 Å². The molecule has 0 unspecified atom stereocenters. The van der Waals surface area contributed by atoms with Crippen molar-refractivity contribution in [3.63, 3.8) is 0 Å². The zero-order valence-electron chi connectivity index (χ0n) is 20.7. The number of halogens is 2. The number of ketones is 1. The van der Waals surface area contributed by atoms with Crippen LogP contribution >= 0.6 is 23.2 Å². The minimum atomic E-state index is -0.357. The molecule has 0 saturated carbocycles. The number of Topliss-reactive ketones (excluding diaryl/α,β-unsaturated/α-hetero) is 1. The van der Waals surface area contributed by atoms with Crippen LogP contribution in [0.3, 0.4) is 0 Å². The van der Waals surface area contributed by atoms with E-state index in [9.17, 15) is 4.79 Å². The molecule has 0 bridgehead atoms. The Morgan fingerprint density at radius 1 is 0.829 bits per heavy atom. The molecule has 4 nitrogen and oxygen atoms in total. The molecule has 180 valence electrons. The van der Waals surface area contributed by atoms with Gasteiger partial charge < -0.3 is 4.42 Å². The fourth-order valence-electron chi connectivity index (χ4n) is 3.93. The molecule has 2 aromatic carbocycles. The summed E-state index contributed by atoms with van der Waals surface area (Å²) >= 11 is 12.3. The first kappa shape index (κ1) is 25.2. The Morgan fingerprint density at radius 3 is 1.94 bits per heavy atom. The molecule has 1 aromatic heterocycles. The van der Waals surface area contributed by atoms with E-state index in [1.807, 2.05) is 84.0 Å². The van der Waals surface area contributed by atoms with Crippen LogP contribution in [0.25, 0.3) is 16.7 Å². The largest absolute Gasteiger partial charge is 0.454 e. The zero-order chi connectivity index (χ0) is 25.5. The van der Waals surface area contributed by atoms with Gasteiger partial charge in [0.1, 0.15) is 11.3 Å². The van der Waals surface area contributed by atoms with Gasteiger partial charge in [-0.2, -0.15) is 5.11 Å². The quantitative estimate of drug-likeness (QED) is 0.331. The summed E-state index contributed by atoms with van der Waals surface area (Å²) in [6, 6.07) is 14.7. The fourth-order valence-corrected chi connectivity index (χ4v) is 4.45. The standard InChI is InChI=1S/C29H28Cl2N2O2/c1-28(2,3)22-11-18(12-23(27(22)34)29(4,5)6)26(25-13-17-9-7-8-10-24(17)35-25)33-32-21-15-19(30)14-20(31)16-21/h7-16H,1-6H3.